The molecule has 1 aromatic carbocycles. The lowest BCUT2D eigenvalue weighted by molar-refractivity contribution is -0.385. The van der Waals surface area contributed by atoms with Crippen LogP contribution in [0.15, 0.2) is 34.9 Å². The van der Waals surface area contributed by atoms with Crippen molar-refractivity contribution in [3.05, 3.63) is 52.0 Å². The number of ether oxygens (including phenoxy) is 2. The standard InChI is InChI=1S/C21H27N3O6/c1-4-29-20-12-17(18(24(26)27)13-19(20)28-3)21(25)23(14-16-6-5-11-30-16)15-7-9-22(2)10-8-15/h5-6,11-13,15H,4,7-10,14H2,1-3H3. The highest BCUT2D eigenvalue weighted by atomic mass is 16.6. The number of benzene rings is 1. The number of nitrogens with zero attached hydrogens (tertiary/aromatic N) is 3. The predicted molar refractivity (Wildman–Crippen MR) is 110 cm³/mol. The minimum absolute atomic E-state index is 0.0188. The average molecular weight is 417 g/mol. The van der Waals surface area contributed by atoms with Crippen LogP contribution < -0.4 is 9.47 Å². The smallest absolute Gasteiger partial charge is 0.286 e. The number of furan rings is 1. The maximum atomic E-state index is 13.6. The van der Waals surface area contributed by atoms with Crippen LogP contribution in [0.25, 0.3) is 0 Å². The molecule has 0 aliphatic carbocycles. The molecule has 1 aliphatic rings. The van der Waals surface area contributed by atoms with E-state index in [0.29, 0.717) is 18.1 Å². The average Bonchev–Trinajstić information content (AvgIpc) is 3.25. The summed E-state index contributed by atoms with van der Waals surface area (Å²) in [7, 11) is 3.45. The number of piperidine rings is 1. The van der Waals surface area contributed by atoms with E-state index >= 15 is 0 Å². The molecule has 1 saturated heterocycles. The van der Waals surface area contributed by atoms with E-state index in [9.17, 15) is 14.9 Å². The number of hydrogen-bond acceptors (Lipinski definition) is 7. The molecule has 1 fully saturated rings. The number of nitro groups is 1. The number of carbonyl (C=O) groups is 1. The van der Waals surface area contributed by atoms with E-state index in [1.165, 1.54) is 19.2 Å². The Morgan fingerprint density at radius 1 is 1.33 bits per heavy atom. The Morgan fingerprint density at radius 3 is 2.63 bits per heavy atom. The Bertz CT molecular complexity index is 875. The van der Waals surface area contributed by atoms with Gasteiger partial charge in [0.2, 0.25) is 0 Å². The summed E-state index contributed by atoms with van der Waals surface area (Å²) in [4.78, 5) is 28.7. The third-order valence-electron chi connectivity index (χ3n) is 5.30. The van der Waals surface area contributed by atoms with Gasteiger partial charge in [-0.15, -0.1) is 0 Å². The fourth-order valence-corrected chi connectivity index (χ4v) is 3.70. The molecule has 3 rings (SSSR count). The summed E-state index contributed by atoms with van der Waals surface area (Å²) in [6.45, 7) is 4.08. The fraction of sp³-hybridized carbons (Fsp3) is 0.476. The highest BCUT2D eigenvalue weighted by Gasteiger charge is 2.33. The van der Waals surface area contributed by atoms with Gasteiger partial charge in [0.05, 0.1) is 37.5 Å². The molecule has 0 N–H and O–H groups in total. The second-order valence-electron chi connectivity index (χ2n) is 7.26. The Kier molecular flexibility index (Phi) is 6.94. The summed E-state index contributed by atoms with van der Waals surface area (Å²) in [6, 6.07) is 6.17. The Hall–Kier alpha value is -3.07. The van der Waals surface area contributed by atoms with Gasteiger partial charge in [0, 0.05) is 12.1 Å². The molecule has 0 atom stereocenters. The highest BCUT2D eigenvalue weighted by molar-refractivity contribution is 5.99. The van der Waals surface area contributed by atoms with E-state index in [-0.39, 0.29) is 29.6 Å². The minimum atomic E-state index is -0.564. The summed E-state index contributed by atoms with van der Waals surface area (Å²) in [5.41, 5.74) is -0.326. The van der Waals surface area contributed by atoms with Gasteiger partial charge in [-0.1, -0.05) is 0 Å². The summed E-state index contributed by atoms with van der Waals surface area (Å²) < 4.78 is 16.2. The van der Waals surface area contributed by atoms with Crippen LogP contribution in [-0.4, -0.2) is 60.5 Å². The number of likely N-dealkylation sites (tertiary alicyclic amines) is 1. The predicted octanol–water partition coefficient (Wildman–Crippen LogP) is 3.33. The van der Waals surface area contributed by atoms with Crippen LogP contribution in [0.4, 0.5) is 5.69 Å². The molecule has 0 saturated carbocycles. The Labute approximate surface area is 175 Å². The lowest BCUT2D eigenvalue weighted by Gasteiger charge is -2.37. The van der Waals surface area contributed by atoms with E-state index in [0.717, 1.165) is 25.9 Å². The van der Waals surface area contributed by atoms with Gasteiger partial charge in [-0.2, -0.15) is 0 Å². The number of carbonyl (C=O) groups excluding carboxylic acids is 1. The summed E-state index contributed by atoms with van der Waals surface area (Å²) in [5.74, 6) is 0.729. The zero-order valence-corrected chi connectivity index (χ0v) is 17.5. The van der Waals surface area contributed by atoms with E-state index < -0.39 is 10.8 Å². The first-order valence-corrected chi connectivity index (χ1v) is 9.95. The van der Waals surface area contributed by atoms with Gasteiger partial charge in [-0.05, 0) is 52.0 Å². The van der Waals surface area contributed by atoms with E-state index in [4.69, 9.17) is 13.9 Å². The number of rotatable bonds is 8. The van der Waals surface area contributed by atoms with Crippen LogP contribution in [0, 0.1) is 10.1 Å². The largest absolute Gasteiger partial charge is 0.493 e. The molecule has 0 spiro atoms. The summed E-state index contributed by atoms with van der Waals surface area (Å²) in [6.07, 6.45) is 3.12. The monoisotopic (exact) mass is 417 g/mol. The van der Waals surface area contributed by atoms with E-state index in [1.54, 1.807) is 30.2 Å². The molecule has 1 aromatic heterocycles. The third-order valence-corrected chi connectivity index (χ3v) is 5.30. The van der Waals surface area contributed by atoms with Crippen LogP contribution in [-0.2, 0) is 6.54 Å². The molecular weight excluding hydrogens is 390 g/mol. The zero-order chi connectivity index (χ0) is 21.7. The van der Waals surface area contributed by atoms with Gasteiger partial charge < -0.3 is 23.7 Å². The van der Waals surface area contributed by atoms with Crippen LogP contribution in [0.5, 0.6) is 11.5 Å². The van der Waals surface area contributed by atoms with Crippen molar-refractivity contribution in [1.29, 1.82) is 0 Å². The topological polar surface area (TPSA) is 98.3 Å². The number of nitro benzene ring substituents is 1. The van der Waals surface area contributed by atoms with Crippen molar-refractivity contribution in [3.8, 4) is 11.5 Å². The number of methoxy groups -OCH3 is 1. The quantitative estimate of drug-likeness (QED) is 0.480. The molecule has 9 nitrogen and oxygen atoms in total. The van der Waals surface area contributed by atoms with E-state index in [1.807, 2.05) is 7.05 Å². The van der Waals surface area contributed by atoms with Crippen LogP contribution in [0.1, 0.15) is 35.9 Å². The van der Waals surface area contributed by atoms with Crippen molar-refractivity contribution >= 4 is 11.6 Å². The molecule has 30 heavy (non-hydrogen) atoms. The zero-order valence-electron chi connectivity index (χ0n) is 17.5. The molecule has 2 aromatic rings. The summed E-state index contributed by atoms with van der Waals surface area (Å²) in [5, 5.41) is 11.7. The maximum absolute atomic E-state index is 13.6. The van der Waals surface area contributed by atoms with Crippen molar-refractivity contribution in [2.24, 2.45) is 0 Å². The lowest BCUT2D eigenvalue weighted by atomic mass is 10.0. The van der Waals surface area contributed by atoms with Gasteiger partial charge in [-0.3, -0.25) is 14.9 Å². The molecular formula is C21H27N3O6. The minimum Gasteiger partial charge on any atom is -0.493 e. The third kappa shape index (κ3) is 4.73. The SMILES string of the molecule is CCOc1cc(C(=O)N(Cc2ccco2)C2CCN(C)CC2)c([N+](=O)[O-])cc1OC. The molecule has 2 heterocycles. The van der Waals surface area contributed by atoms with Gasteiger partial charge in [0.15, 0.2) is 11.5 Å². The Morgan fingerprint density at radius 2 is 2.07 bits per heavy atom. The second-order valence-corrected chi connectivity index (χ2v) is 7.26. The highest BCUT2D eigenvalue weighted by Crippen LogP contribution is 2.36. The van der Waals surface area contributed by atoms with Crippen molar-refractivity contribution in [3.63, 3.8) is 0 Å². The van der Waals surface area contributed by atoms with Gasteiger partial charge in [0.25, 0.3) is 11.6 Å². The van der Waals surface area contributed by atoms with Crippen molar-refractivity contribution in [1.82, 2.24) is 9.80 Å². The molecule has 162 valence electrons. The van der Waals surface area contributed by atoms with Crippen molar-refractivity contribution in [2.75, 3.05) is 33.9 Å². The number of amides is 1. The van der Waals surface area contributed by atoms with Crippen LogP contribution in [0.2, 0.25) is 0 Å². The first kappa shape index (κ1) is 21.6. The van der Waals surface area contributed by atoms with E-state index in [2.05, 4.69) is 4.90 Å². The van der Waals surface area contributed by atoms with Gasteiger partial charge >= 0.3 is 0 Å². The van der Waals surface area contributed by atoms with Crippen LogP contribution >= 0.6 is 0 Å². The molecule has 1 aliphatic heterocycles. The normalized spacial score (nSPS) is 15.0. The first-order chi connectivity index (χ1) is 14.4. The molecule has 9 heteroatoms. The first-order valence-electron chi connectivity index (χ1n) is 9.95. The van der Waals surface area contributed by atoms with Gasteiger partial charge in [0.1, 0.15) is 11.3 Å². The molecule has 0 radical (unpaired) electrons. The molecule has 1 amide bonds. The summed E-state index contributed by atoms with van der Waals surface area (Å²) >= 11 is 0. The van der Waals surface area contributed by atoms with Crippen molar-refractivity contribution < 1.29 is 23.6 Å². The van der Waals surface area contributed by atoms with Crippen molar-refractivity contribution in [2.45, 2.75) is 32.4 Å². The van der Waals surface area contributed by atoms with Gasteiger partial charge in [-0.25, -0.2) is 0 Å². The number of hydrogen-bond donors (Lipinski definition) is 0. The lowest BCUT2D eigenvalue weighted by Crippen LogP contribution is -2.46. The Balaban J connectivity index is 2.01. The maximum Gasteiger partial charge on any atom is 0.286 e. The van der Waals surface area contributed by atoms with Crippen LogP contribution in [0.3, 0.4) is 0 Å². The molecule has 0 bridgehead atoms. The fourth-order valence-electron chi connectivity index (χ4n) is 3.70. The molecule has 0 unspecified atom stereocenters. The second kappa shape index (κ2) is 9.62.